The Labute approximate surface area is 125 Å². The molecule has 1 aromatic rings. The molecule has 0 aromatic heterocycles. The number of ether oxygens (including phenoxy) is 2. The Hall–Kier alpha value is -2.06. The van der Waals surface area contributed by atoms with Crippen LogP contribution < -0.4 is 11.1 Å². The molecule has 2 rings (SSSR count). The molecule has 9 heteroatoms. The van der Waals surface area contributed by atoms with Crippen LogP contribution in [0.25, 0.3) is 0 Å². The van der Waals surface area contributed by atoms with E-state index in [9.17, 15) is 14.9 Å². The molecule has 0 aliphatic carbocycles. The number of rotatable bonds is 4. The number of carbonyl (C=O) groups excluding carboxylic acids is 1. The number of nitro groups is 1. The van der Waals surface area contributed by atoms with E-state index in [4.69, 9.17) is 26.8 Å². The SMILES string of the molecule is NC(=O)O[C@@H]1CCOC[C@@H]1Nc1ccc(Cl)cc1[N+](=O)[O-]. The van der Waals surface area contributed by atoms with Crippen LogP contribution in [0.15, 0.2) is 18.2 Å². The molecule has 1 aliphatic heterocycles. The van der Waals surface area contributed by atoms with Gasteiger partial charge in [0.25, 0.3) is 5.69 Å². The molecule has 1 aromatic carbocycles. The molecule has 114 valence electrons. The van der Waals surface area contributed by atoms with Crippen molar-refractivity contribution in [1.82, 2.24) is 0 Å². The zero-order valence-electron chi connectivity index (χ0n) is 11.0. The van der Waals surface area contributed by atoms with E-state index in [0.717, 1.165) is 0 Å². The third-order valence-electron chi connectivity index (χ3n) is 3.06. The molecule has 2 atom stereocenters. The number of nitro benzene ring substituents is 1. The second-order valence-corrected chi connectivity index (χ2v) is 4.94. The van der Waals surface area contributed by atoms with E-state index in [0.29, 0.717) is 13.0 Å². The number of hydrogen-bond acceptors (Lipinski definition) is 6. The Bertz CT molecular complexity index is 554. The average Bonchev–Trinajstić information content (AvgIpc) is 2.42. The molecule has 0 unspecified atom stereocenters. The zero-order chi connectivity index (χ0) is 15.4. The first-order valence-electron chi connectivity index (χ1n) is 6.21. The maximum Gasteiger partial charge on any atom is 0.404 e. The summed E-state index contributed by atoms with van der Waals surface area (Å²) >= 11 is 5.76. The van der Waals surface area contributed by atoms with Crippen molar-refractivity contribution >= 4 is 29.1 Å². The van der Waals surface area contributed by atoms with E-state index in [1.165, 1.54) is 18.2 Å². The van der Waals surface area contributed by atoms with E-state index >= 15 is 0 Å². The normalized spacial score (nSPS) is 21.6. The van der Waals surface area contributed by atoms with Crippen molar-refractivity contribution in [2.24, 2.45) is 5.73 Å². The topological polar surface area (TPSA) is 117 Å². The third kappa shape index (κ3) is 3.96. The first-order chi connectivity index (χ1) is 9.97. The maximum absolute atomic E-state index is 11.0. The standard InChI is InChI=1S/C12H14ClN3O5/c13-7-1-2-8(10(5-7)16(18)19)15-9-6-20-4-3-11(9)21-12(14)17/h1-2,5,9,11,15H,3-4,6H2,(H2,14,17)/t9-,11+/m0/s1. The monoisotopic (exact) mass is 315 g/mol. The molecule has 1 saturated heterocycles. The molecule has 21 heavy (non-hydrogen) atoms. The first-order valence-corrected chi connectivity index (χ1v) is 6.59. The van der Waals surface area contributed by atoms with Crippen molar-refractivity contribution in [3.63, 3.8) is 0 Å². The van der Waals surface area contributed by atoms with Crippen molar-refractivity contribution in [1.29, 1.82) is 0 Å². The van der Waals surface area contributed by atoms with Gasteiger partial charge in [-0.05, 0) is 12.1 Å². The van der Waals surface area contributed by atoms with Crippen LogP contribution in [-0.4, -0.2) is 36.4 Å². The van der Waals surface area contributed by atoms with Gasteiger partial charge in [0.15, 0.2) is 0 Å². The Balaban J connectivity index is 2.19. The summed E-state index contributed by atoms with van der Waals surface area (Å²) < 4.78 is 10.3. The van der Waals surface area contributed by atoms with Crippen LogP contribution in [0.5, 0.6) is 0 Å². The van der Waals surface area contributed by atoms with Gasteiger partial charge in [0.2, 0.25) is 0 Å². The van der Waals surface area contributed by atoms with E-state index in [1.807, 2.05) is 0 Å². The predicted molar refractivity (Wildman–Crippen MR) is 75.4 cm³/mol. The average molecular weight is 316 g/mol. The van der Waals surface area contributed by atoms with Gasteiger partial charge in [0.05, 0.1) is 24.2 Å². The highest BCUT2D eigenvalue weighted by atomic mass is 35.5. The van der Waals surface area contributed by atoms with Gasteiger partial charge in [-0.1, -0.05) is 11.6 Å². The smallest absolute Gasteiger partial charge is 0.404 e. The minimum Gasteiger partial charge on any atom is -0.444 e. The summed E-state index contributed by atoms with van der Waals surface area (Å²) in [5.41, 5.74) is 5.14. The van der Waals surface area contributed by atoms with Gasteiger partial charge in [0, 0.05) is 17.5 Å². The van der Waals surface area contributed by atoms with E-state index in [-0.39, 0.29) is 23.0 Å². The van der Waals surface area contributed by atoms with Crippen LogP contribution in [0.2, 0.25) is 5.02 Å². The molecule has 1 fully saturated rings. The largest absolute Gasteiger partial charge is 0.444 e. The second-order valence-electron chi connectivity index (χ2n) is 4.51. The van der Waals surface area contributed by atoms with Crippen LogP contribution in [0.1, 0.15) is 6.42 Å². The van der Waals surface area contributed by atoms with E-state index in [2.05, 4.69) is 5.32 Å². The van der Waals surface area contributed by atoms with Crippen LogP contribution in [0.4, 0.5) is 16.2 Å². The molecule has 1 aliphatic rings. The zero-order valence-corrected chi connectivity index (χ0v) is 11.7. The molecule has 1 amide bonds. The van der Waals surface area contributed by atoms with Crippen LogP contribution in [0, 0.1) is 10.1 Å². The molecule has 0 radical (unpaired) electrons. The lowest BCUT2D eigenvalue weighted by Gasteiger charge is -2.31. The van der Waals surface area contributed by atoms with E-state index in [1.54, 1.807) is 0 Å². The number of halogens is 1. The molecule has 0 bridgehead atoms. The van der Waals surface area contributed by atoms with Crippen molar-refractivity contribution < 1.29 is 19.2 Å². The number of primary amides is 1. The Kier molecular flexibility index (Phi) is 4.81. The number of nitrogens with zero attached hydrogens (tertiary/aromatic N) is 1. The van der Waals surface area contributed by atoms with Gasteiger partial charge in [-0.15, -0.1) is 0 Å². The summed E-state index contributed by atoms with van der Waals surface area (Å²) in [5, 5.41) is 14.3. The number of nitrogens with one attached hydrogen (secondary N) is 1. The molecule has 8 nitrogen and oxygen atoms in total. The minimum atomic E-state index is -0.890. The lowest BCUT2D eigenvalue weighted by Crippen LogP contribution is -2.45. The Morgan fingerprint density at radius 2 is 2.33 bits per heavy atom. The molecular weight excluding hydrogens is 302 g/mol. The summed E-state index contributed by atoms with van der Waals surface area (Å²) in [5.74, 6) is 0. The Morgan fingerprint density at radius 3 is 3.00 bits per heavy atom. The van der Waals surface area contributed by atoms with Gasteiger partial charge in [-0.2, -0.15) is 0 Å². The summed E-state index contributed by atoms with van der Waals surface area (Å²) in [7, 11) is 0. The second kappa shape index (κ2) is 6.59. The number of anilines is 1. The van der Waals surface area contributed by atoms with Gasteiger partial charge in [0.1, 0.15) is 11.8 Å². The minimum absolute atomic E-state index is 0.161. The fraction of sp³-hybridized carbons (Fsp3) is 0.417. The number of amides is 1. The van der Waals surface area contributed by atoms with Crippen LogP contribution in [0.3, 0.4) is 0 Å². The van der Waals surface area contributed by atoms with Crippen LogP contribution in [-0.2, 0) is 9.47 Å². The number of nitrogens with two attached hydrogens (primary N) is 1. The predicted octanol–water partition coefficient (Wildman–Crippen LogP) is 1.91. The number of benzene rings is 1. The fourth-order valence-corrected chi connectivity index (χ4v) is 2.29. The van der Waals surface area contributed by atoms with Crippen molar-refractivity contribution in [2.45, 2.75) is 18.6 Å². The fourth-order valence-electron chi connectivity index (χ4n) is 2.12. The highest BCUT2D eigenvalue weighted by molar-refractivity contribution is 6.30. The van der Waals surface area contributed by atoms with Gasteiger partial charge in [-0.25, -0.2) is 4.79 Å². The van der Waals surface area contributed by atoms with Crippen LogP contribution >= 0.6 is 11.6 Å². The number of hydrogen-bond donors (Lipinski definition) is 2. The quantitative estimate of drug-likeness (QED) is 0.647. The molecule has 3 N–H and O–H groups in total. The van der Waals surface area contributed by atoms with Gasteiger partial charge >= 0.3 is 6.09 Å². The lowest BCUT2D eigenvalue weighted by molar-refractivity contribution is -0.384. The van der Waals surface area contributed by atoms with Crippen molar-refractivity contribution in [2.75, 3.05) is 18.5 Å². The van der Waals surface area contributed by atoms with Gasteiger partial charge < -0.3 is 20.5 Å². The lowest BCUT2D eigenvalue weighted by atomic mass is 10.1. The molecule has 0 saturated carbocycles. The maximum atomic E-state index is 11.0. The van der Waals surface area contributed by atoms with Gasteiger partial charge in [-0.3, -0.25) is 10.1 Å². The first kappa shape index (κ1) is 15.3. The molecular formula is C12H14ClN3O5. The highest BCUT2D eigenvalue weighted by Gasteiger charge is 2.30. The summed E-state index contributed by atoms with van der Waals surface area (Å²) in [6, 6.07) is 3.85. The van der Waals surface area contributed by atoms with E-state index < -0.39 is 23.2 Å². The Morgan fingerprint density at radius 1 is 1.57 bits per heavy atom. The summed E-state index contributed by atoms with van der Waals surface area (Å²) in [6.45, 7) is 0.677. The summed E-state index contributed by atoms with van der Waals surface area (Å²) in [4.78, 5) is 21.4. The summed E-state index contributed by atoms with van der Waals surface area (Å²) in [6.07, 6.45) is -0.937. The molecule has 0 spiro atoms. The van der Waals surface area contributed by atoms with Crippen molar-refractivity contribution in [3.8, 4) is 0 Å². The highest BCUT2D eigenvalue weighted by Crippen LogP contribution is 2.29. The number of carbonyl (C=O) groups is 1. The third-order valence-corrected chi connectivity index (χ3v) is 3.29. The molecule has 1 heterocycles. The van der Waals surface area contributed by atoms with Crippen molar-refractivity contribution in [3.05, 3.63) is 33.3 Å².